The lowest BCUT2D eigenvalue weighted by Crippen LogP contribution is -1.86. The summed E-state index contributed by atoms with van der Waals surface area (Å²) in [6.45, 7) is 0. The Kier molecular flexibility index (Phi) is 4.07. The van der Waals surface area contributed by atoms with E-state index >= 15 is 0 Å². The molecule has 0 heterocycles. The molecule has 0 aliphatic carbocycles. The lowest BCUT2D eigenvalue weighted by atomic mass is 10.3. The zero-order valence-corrected chi connectivity index (χ0v) is 11.5. The Morgan fingerprint density at radius 1 is 1.18 bits per heavy atom. The molecule has 0 fully saturated rings. The Morgan fingerprint density at radius 3 is 2.71 bits per heavy atom. The third-order valence-electron chi connectivity index (χ3n) is 2.15. The van der Waals surface area contributed by atoms with Gasteiger partial charge in [-0.3, -0.25) is 0 Å². The average molecular weight is 313 g/mol. The highest BCUT2D eigenvalue weighted by molar-refractivity contribution is 9.10. The van der Waals surface area contributed by atoms with Crippen molar-refractivity contribution in [3.05, 3.63) is 52.8 Å². The van der Waals surface area contributed by atoms with Crippen molar-refractivity contribution in [2.24, 2.45) is 0 Å². The minimum absolute atomic E-state index is 0.232. The van der Waals surface area contributed by atoms with E-state index < -0.39 is 0 Å². The van der Waals surface area contributed by atoms with Crippen molar-refractivity contribution in [1.29, 1.82) is 0 Å². The van der Waals surface area contributed by atoms with Gasteiger partial charge in [0.25, 0.3) is 0 Å². The van der Waals surface area contributed by atoms with E-state index in [-0.39, 0.29) is 5.82 Å². The molecule has 17 heavy (non-hydrogen) atoms. The molecular formula is C13H10BrFOS. The van der Waals surface area contributed by atoms with Gasteiger partial charge in [-0.1, -0.05) is 33.8 Å². The van der Waals surface area contributed by atoms with Crippen molar-refractivity contribution in [1.82, 2.24) is 0 Å². The first-order valence-electron chi connectivity index (χ1n) is 4.96. The summed E-state index contributed by atoms with van der Waals surface area (Å²) in [5.41, 5.74) is 0. The molecule has 4 heteroatoms. The van der Waals surface area contributed by atoms with Crippen molar-refractivity contribution >= 4 is 27.7 Å². The van der Waals surface area contributed by atoms with E-state index in [0.717, 1.165) is 20.0 Å². The van der Waals surface area contributed by atoms with Crippen LogP contribution in [0.15, 0.2) is 56.7 Å². The number of hydrogen-bond acceptors (Lipinski definition) is 2. The van der Waals surface area contributed by atoms with Crippen LogP contribution in [0, 0.1) is 5.82 Å². The van der Waals surface area contributed by atoms with E-state index in [2.05, 4.69) is 15.9 Å². The predicted molar refractivity (Wildman–Crippen MR) is 71.2 cm³/mol. The van der Waals surface area contributed by atoms with Crippen LogP contribution in [0.25, 0.3) is 0 Å². The number of benzene rings is 2. The maximum absolute atomic E-state index is 13.1. The molecule has 88 valence electrons. The predicted octanol–water partition coefficient (Wildman–Crippen LogP) is 4.75. The highest BCUT2D eigenvalue weighted by atomic mass is 79.9. The molecule has 0 amide bonds. The summed E-state index contributed by atoms with van der Waals surface area (Å²) in [6, 6.07) is 12.2. The molecule has 0 N–H and O–H groups in total. The summed E-state index contributed by atoms with van der Waals surface area (Å²) in [6.07, 6.45) is 0. The van der Waals surface area contributed by atoms with Crippen LogP contribution in [0.1, 0.15) is 0 Å². The van der Waals surface area contributed by atoms with Gasteiger partial charge in [-0.05, 0) is 36.4 Å². The summed E-state index contributed by atoms with van der Waals surface area (Å²) in [4.78, 5) is 1.80. The lowest BCUT2D eigenvalue weighted by molar-refractivity contribution is 0.404. The van der Waals surface area contributed by atoms with Gasteiger partial charge in [-0.2, -0.15) is 0 Å². The number of rotatable bonds is 3. The molecule has 0 spiro atoms. The second-order valence-electron chi connectivity index (χ2n) is 3.35. The van der Waals surface area contributed by atoms with Gasteiger partial charge in [0.15, 0.2) is 0 Å². The third-order valence-corrected chi connectivity index (χ3v) is 3.67. The summed E-state index contributed by atoms with van der Waals surface area (Å²) >= 11 is 4.88. The highest BCUT2D eigenvalue weighted by Crippen LogP contribution is 2.36. The van der Waals surface area contributed by atoms with Gasteiger partial charge in [-0.15, -0.1) is 0 Å². The third kappa shape index (κ3) is 3.23. The van der Waals surface area contributed by atoms with E-state index in [4.69, 9.17) is 4.74 Å². The van der Waals surface area contributed by atoms with Gasteiger partial charge in [0.2, 0.25) is 0 Å². The van der Waals surface area contributed by atoms with Crippen LogP contribution < -0.4 is 4.74 Å². The van der Waals surface area contributed by atoms with Crippen LogP contribution in [-0.2, 0) is 0 Å². The largest absolute Gasteiger partial charge is 0.496 e. The van der Waals surface area contributed by atoms with Crippen molar-refractivity contribution in [2.45, 2.75) is 9.79 Å². The first-order valence-corrected chi connectivity index (χ1v) is 6.57. The number of hydrogen-bond donors (Lipinski definition) is 0. The molecule has 0 bridgehead atoms. The Balaban J connectivity index is 2.32. The van der Waals surface area contributed by atoms with Gasteiger partial charge in [0.1, 0.15) is 11.6 Å². The maximum Gasteiger partial charge on any atom is 0.132 e. The second kappa shape index (κ2) is 5.56. The highest BCUT2D eigenvalue weighted by Gasteiger charge is 2.06. The Hall–Kier alpha value is -1.00. The minimum Gasteiger partial charge on any atom is -0.496 e. The molecule has 2 aromatic carbocycles. The normalized spacial score (nSPS) is 10.3. The first-order chi connectivity index (χ1) is 8.19. The van der Waals surface area contributed by atoms with Gasteiger partial charge in [0, 0.05) is 9.37 Å². The van der Waals surface area contributed by atoms with E-state index in [9.17, 15) is 4.39 Å². The molecule has 1 nitrogen and oxygen atoms in total. The molecule has 0 saturated heterocycles. The molecule has 0 aliphatic rings. The molecule has 2 aromatic rings. The van der Waals surface area contributed by atoms with Gasteiger partial charge in [0.05, 0.1) is 12.0 Å². The van der Waals surface area contributed by atoms with Crippen LogP contribution in [0.3, 0.4) is 0 Å². The van der Waals surface area contributed by atoms with Gasteiger partial charge >= 0.3 is 0 Å². The summed E-state index contributed by atoms with van der Waals surface area (Å²) in [5.74, 6) is 0.548. The van der Waals surface area contributed by atoms with Crippen LogP contribution in [0.4, 0.5) is 4.39 Å². The topological polar surface area (TPSA) is 9.23 Å². The van der Waals surface area contributed by atoms with Crippen LogP contribution in [0.2, 0.25) is 0 Å². The van der Waals surface area contributed by atoms with Crippen LogP contribution in [0.5, 0.6) is 5.75 Å². The van der Waals surface area contributed by atoms with E-state index in [1.807, 2.05) is 24.3 Å². The molecule has 0 unspecified atom stereocenters. The Bertz CT molecular complexity index is 531. The van der Waals surface area contributed by atoms with Crippen LogP contribution >= 0.6 is 27.7 Å². The molecule has 0 aliphatic heterocycles. The minimum atomic E-state index is -0.232. The Morgan fingerprint density at radius 2 is 2.00 bits per heavy atom. The fraction of sp³-hybridized carbons (Fsp3) is 0.0769. The van der Waals surface area contributed by atoms with E-state index in [0.29, 0.717) is 0 Å². The molecular weight excluding hydrogens is 303 g/mol. The smallest absolute Gasteiger partial charge is 0.132 e. The van der Waals surface area contributed by atoms with Gasteiger partial charge < -0.3 is 4.74 Å². The summed E-state index contributed by atoms with van der Waals surface area (Å²) in [7, 11) is 1.62. The second-order valence-corrected chi connectivity index (χ2v) is 5.39. The first kappa shape index (κ1) is 12.5. The van der Waals surface area contributed by atoms with Crippen molar-refractivity contribution in [2.75, 3.05) is 7.11 Å². The summed E-state index contributed by atoms with van der Waals surface area (Å²) < 4.78 is 19.3. The quantitative estimate of drug-likeness (QED) is 0.809. The Labute approximate surface area is 112 Å². The van der Waals surface area contributed by atoms with Crippen molar-refractivity contribution < 1.29 is 9.13 Å². The summed E-state index contributed by atoms with van der Waals surface area (Å²) in [5, 5.41) is 0. The molecule has 0 atom stereocenters. The van der Waals surface area contributed by atoms with Crippen LogP contribution in [-0.4, -0.2) is 7.11 Å². The van der Waals surface area contributed by atoms with Crippen molar-refractivity contribution in [3.63, 3.8) is 0 Å². The monoisotopic (exact) mass is 312 g/mol. The SMILES string of the molecule is COc1ccc(Br)cc1Sc1cccc(F)c1. The molecule has 0 saturated carbocycles. The fourth-order valence-corrected chi connectivity index (χ4v) is 2.91. The number of halogens is 2. The molecule has 0 radical (unpaired) electrons. The number of ether oxygens (including phenoxy) is 1. The standard InChI is InChI=1S/C13H10BrFOS/c1-16-12-6-5-9(14)7-13(12)17-11-4-2-3-10(15)8-11/h2-8H,1H3. The maximum atomic E-state index is 13.1. The zero-order valence-electron chi connectivity index (χ0n) is 9.11. The van der Waals surface area contributed by atoms with E-state index in [1.54, 1.807) is 13.2 Å². The van der Waals surface area contributed by atoms with E-state index in [1.165, 1.54) is 23.9 Å². The van der Waals surface area contributed by atoms with Crippen molar-refractivity contribution in [3.8, 4) is 5.75 Å². The zero-order chi connectivity index (χ0) is 12.3. The molecule has 2 rings (SSSR count). The average Bonchev–Trinajstić information content (AvgIpc) is 2.29. The molecule has 0 aromatic heterocycles. The fourth-order valence-electron chi connectivity index (χ4n) is 1.39. The van der Waals surface area contributed by atoms with Gasteiger partial charge in [-0.25, -0.2) is 4.39 Å². The number of methoxy groups -OCH3 is 1. The lowest BCUT2D eigenvalue weighted by Gasteiger charge is -2.08.